The second-order valence-corrected chi connectivity index (χ2v) is 10.2. The van der Waals surface area contributed by atoms with Crippen molar-refractivity contribution in [2.75, 3.05) is 0 Å². The van der Waals surface area contributed by atoms with E-state index in [-0.39, 0.29) is 28.8 Å². The molecular formula is C21H36N4O2. The average molecular weight is 377 g/mol. The zero-order valence-corrected chi connectivity index (χ0v) is 16.8. The van der Waals surface area contributed by atoms with E-state index < -0.39 is 5.60 Å². The molecule has 152 valence electrons. The highest BCUT2D eigenvalue weighted by molar-refractivity contribution is 5.76. The highest BCUT2D eigenvalue weighted by Crippen LogP contribution is 2.68. The molecule has 0 aromatic heterocycles. The summed E-state index contributed by atoms with van der Waals surface area (Å²) in [7, 11) is 0. The van der Waals surface area contributed by atoms with Crippen molar-refractivity contribution in [3.05, 3.63) is 0 Å². The number of fused-ring (bicyclic) bond motifs is 5. The summed E-state index contributed by atoms with van der Waals surface area (Å²) in [5.74, 6) is 1.71. The molecule has 4 aliphatic rings. The maximum atomic E-state index is 12.0. The van der Waals surface area contributed by atoms with E-state index in [4.69, 9.17) is 11.5 Å². The van der Waals surface area contributed by atoms with Crippen molar-refractivity contribution in [1.29, 1.82) is 0 Å². The van der Waals surface area contributed by atoms with Gasteiger partial charge in [-0.3, -0.25) is 0 Å². The number of rotatable bonds is 2. The standard InChI is InChI=1S/C21H36N4O2/c1-19-8-6-15(26)11-13(19)3-4-17-16(19)7-9-20(2)14(5-10-21(17,20)27)12-24-25-18(22)23/h12-17,26-27H,3-11H2,1-2H3,(H4,22,23,25)/b24-12+/t13-,14-,15+,16?,17?,19+,20-,21+/m1/s1. The van der Waals surface area contributed by atoms with Gasteiger partial charge in [-0.2, -0.15) is 5.10 Å². The van der Waals surface area contributed by atoms with E-state index in [9.17, 15) is 10.2 Å². The van der Waals surface area contributed by atoms with E-state index in [0.29, 0.717) is 17.8 Å². The van der Waals surface area contributed by atoms with E-state index in [1.165, 1.54) is 6.42 Å². The van der Waals surface area contributed by atoms with Gasteiger partial charge in [0.15, 0.2) is 0 Å². The molecule has 27 heavy (non-hydrogen) atoms. The summed E-state index contributed by atoms with van der Waals surface area (Å²) in [6.45, 7) is 4.69. The summed E-state index contributed by atoms with van der Waals surface area (Å²) in [6.07, 6.45) is 10.9. The lowest BCUT2D eigenvalue weighted by Crippen LogP contribution is -2.62. The molecule has 6 N–H and O–H groups in total. The third-order valence-electron chi connectivity index (χ3n) is 9.32. The fraction of sp³-hybridized carbons (Fsp3) is 0.905. The van der Waals surface area contributed by atoms with E-state index in [2.05, 4.69) is 24.1 Å². The molecule has 0 bridgehead atoms. The van der Waals surface area contributed by atoms with Gasteiger partial charge in [0.2, 0.25) is 5.96 Å². The Bertz CT molecular complexity index is 648. The smallest absolute Gasteiger partial charge is 0.211 e. The van der Waals surface area contributed by atoms with Crippen LogP contribution in [0.3, 0.4) is 0 Å². The summed E-state index contributed by atoms with van der Waals surface area (Å²) in [4.78, 5) is 0. The van der Waals surface area contributed by atoms with E-state index in [1.807, 2.05) is 6.21 Å². The van der Waals surface area contributed by atoms with Gasteiger partial charge in [0.25, 0.3) is 0 Å². The van der Waals surface area contributed by atoms with Crippen molar-refractivity contribution in [3.63, 3.8) is 0 Å². The predicted octanol–water partition coefficient (Wildman–Crippen LogP) is 2.38. The van der Waals surface area contributed by atoms with Crippen molar-refractivity contribution in [2.45, 2.75) is 83.3 Å². The Balaban J connectivity index is 1.60. The molecule has 4 fully saturated rings. The number of guanidine groups is 1. The second kappa shape index (κ2) is 6.45. The summed E-state index contributed by atoms with van der Waals surface area (Å²) in [5, 5.41) is 30.0. The van der Waals surface area contributed by atoms with Crippen LogP contribution in [-0.2, 0) is 0 Å². The van der Waals surface area contributed by atoms with Crippen LogP contribution in [0.5, 0.6) is 0 Å². The van der Waals surface area contributed by atoms with Crippen LogP contribution in [0.15, 0.2) is 10.2 Å². The SMILES string of the molecule is C[C@]12CC[C@H](O)C[C@H]1CCC1C2CC[C@]2(C)[C@@H](/C=N/N=C(N)N)CC[C@]12O. The summed E-state index contributed by atoms with van der Waals surface area (Å²) in [6, 6.07) is 0. The van der Waals surface area contributed by atoms with Gasteiger partial charge in [0.05, 0.1) is 11.7 Å². The molecule has 2 unspecified atom stereocenters. The van der Waals surface area contributed by atoms with Gasteiger partial charge < -0.3 is 21.7 Å². The predicted molar refractivity (Wildman–Crippen MR) is 107 cm³/mol. The van der Waals surface area contributed by atoms with Gasteiger partial charge in [-0.15, -0.1) is 5.10 Å². The zero-order chi connectivity index (χ0) is 19.4. The fourth-order valence-electron chi connectivity index (χ4n) is 7.66. The summed E-state index contributed by atoms with van der Waals surface area (Å²) in [5.41, 5.74) is 10.3. The van der Waals surface area contributed by atoms with E-state index in [1.54, 1.807) is 0 Å². The lowest BCUT2D eigenvalue weighted by Gasteiger charge is -2.63. The minimum atomic E-state index is -0.630. The van der Waals surface area contributed by atoms with E-state index in [0.717, 1.165) is 51.4 Å². The normalized spacial score (nSPS) is 52.1. The van der Waals surface area contributed by atoms with Crippen molar-refractivity contribution in [2.24, 2.45) is 56.2 Å². The molecule has 6 nitrogen and oxygen atoms in total. The Labute approximate surface area is 162 Å². The van der Waals surface area contributed by atoms with Crippen LogP contribution in [-0.4, -0.2) is 34.1 Å². The second-order valence-electron chi connectivity index (χ2n) is 10.2. The summed E-state index contributed by atoms with van der Waals surface area (Å²) >= 11 is 0. The molecule has 0 aliphatic heterocycles. The molecule has 4 rings (SSSR count). The highest BCUT2D eigenvalue weighted by Gasteiger charge is 2.66. The monoisotopic (exact) mass is 376 g/mol. The van der Waals surface area contributed by atoms with Gasteiger partial charge in [0, 0.05) is 17.5 Å². The summed E-state index contributed by atoms with van der Waals surface area (Å²) < 4.78 is 0. The molecule has 0 heterocycles. The largest absolute Gasteiger partial charge is 0.393 e. The first kappa shape index (κ1) is 19.2. The molecule has 6 heteroatoms. The maximum absolute atomic E-state index is 12.0. The molecule has 8 atom stereocenters. The third kappa shape index (κ3) is 2.74. The van der Waals surface area contributed by atoms with Crippen molar-refractivity contribution >= 4 is 12.2 Å². The van der Waals surface area contributed by atoms with Crippen LogP contribution in [0.2, 0.25) is 0 Å². The quantitative estimate of drug-likeness (QED) is 0.336. The van der Waals surface area contributed by atoms with Gasteiger partial charge in [-0.05, 0) is 81.0 Å². The van der Waals surface area contributed by atoms with Crippen LogP contribution >= 0.6 is 0 Å². The van der Waals surface area contributed by atoms with Crippen LogP contribution in [0.25, 0.3) is 0 Å². The lowest BCUT2D eigenvalue weighted by atomic mass is 9.43. The van der Waals surface area contributed by atoms with Gasteiger partial charge >= 0.3 is 0 Å². The Morgan fingerprint density at radius 3 is 2.52 bits per heavy atom. The van der Waals surface area contributed by atoms with Crippen LogP contribution in [0.1, 0.15) is 71.6 Å². The molecule has 0 amide bonds. The number of hydrogen-bond acceptors (Lipinski definition) is 4. The number of hydrogen-bond donors (Lipinski definition) is 4. The minimum absolute atomic E-state index is 0.0286. The Morgan fingerprint density at radius 2 is 1.78 bits per heavy atom. The topological polar surface area (TPSA) is 117 Å². The van der Waals surface area contributed by atoms with Crippen LogP contribution in [0, 0.1) is 34.5 Å². The van der Waals surface area contributed by atoms with E-state index >= 15 is 0 Å². The number of aliphatic hydroxyl groups excluding tert-OH is 1. The van der Waals surface area contributed by atoms with Gasteiger partial charge in [-0.25, -0.2) is 0 Å². The van der Waals surface area contributed by atoms with Crippen molar-refractivity contribution in [3.8, 4) is 0 Å². The minimum Gasteiger partial charge on any atom is -0.393 e. The maximum Gasteiger partial charge on any atom is 0.211 e. The van der Waals surface area contributed by atoms with Crippen LogP contribution < -0.4 is 11.5 Å². The average Bonchev–Trinajstić information content (AvgIpc) is 2.87. The first-order valence-corrected chi connectivity index (χ1v) is 10.7. The Kier molecular flexibility index (Phi) is 4.58. The molecule has 0 spiro atoms. The van der Waals surface area contributed by atoms with Crippen molar-refractivity contribution < 1.29 is 10.2 Å². The number of aliphatic hydroxyl groups is 2. The zero-order valence-electron chi connectivity index (χ0n) is 16.8. The molecular weight excluding hydrogens is 340 g/mol. The molecule has 4 aliphatic carbocycles. The molecule has 4 saturated carbocycles. The fourth-order valence-corrected chi connectivity index (χ4v) is 7.66. The molecule has 0 radical (unpaired) electrons. The van der Waals surface area contributed by atoms with Crippen molar-refractivity contribution in [1.82, 2.24) is 0 Å². The first-order chi connectivity index (χ1) is 12.7. The Morgan fingerprint density at radius 1 is 1.00 bits per heavy atom. The molecule has 0 saturated heterocycles. The molecule has 0 aromatic carbocycles. The van der Waals surface area contributed by atoms with Gasteiger partial charge in [-0.1, -0.05) is 13.8 Å². The first-order valence-electron chi connectivity index (χ1n) is 10.7. The third-order valence-corrected chi connectivity index (χ3v) is 9.32. The lowest BCUT2D eigenvalue weighted by molar-refractivity contribution is -0.206. The number of nitrogens with two attached hydrogens (primary N) is 2. The number of nitrogens with zero attached hydrogens (tertiary/aromatic N) is 2. The van der Waals surface area contributed by atoms with Crippen LogP contribution in [0.4, 0.5) is 0 Å². The van der Waals surface area contributed by atoms with Gasteiger partial charge in [0.1, 0.15) is 0 Å². The highest BCUT2D eigenvalue weighted by atomic mass is 16.3. The molecule has 0 aromatic rings. The Hall–Kier alpha value is -1.14.